The Hall–Kier alpha value is -1.55. The van der Waals surface area contributed by atoms with Crippen molar-refractivity contribution >= 4 is 5.97 Å². The Kier molecular flexibility index (Phi) is 4.12. The molecular formula is C13H19NO3. The Balaban J connectivity index is 2.79. The lowest BCUT2D eigenvalue weighted by Gasteiger charge is -2.27. The number of rotatable bonds is 4. The zero-order valence-corrected chi connectivity index (χ0v) is 10.7. The fourth-order valence-electron chi connectivity index (χ4n) is 1.73. The highest BCUT2D eigenvalue weighted by Gasteiger charge is 2.30. The van der Waals surface area contributed by atoms with E-state index in [1.807, 2.05) is 13.0 Å². The van der Waals surface area contributed by atoms with Crippen molar-refractivity contribution < 1.29 is 14.6 Å². The molecule has 0 aliphatic rings. The van der Waals surface area contributed by atoms with E-state index in [1.165, 1.54) is 7.11 Å². The van der Waals surface area contributed by atoms with Gasteiger partial charge in [0.1, 0.15) is 11.3 Å². The van der Waals surface area contributed by atoms with Gasteiger partial charge in [-0.1, -0.05) is 12.1 Å². The summed E-state index contributed by atoms with van der Waals surface area (Å²) in [5.41, 5.74) is 0.154. The van der Waals surface area contributed by atoms with Gasteiger partial charge in [0.25, 0.3) is 0 Å². The summed E-state index contributed by atoms with van der Waals surface area (Å²) in [4.78, 5) is 11.5. The topological polar surface area (TPSA) is 58.6 Å². The number of esters is 1. The van der Waals surface area contributed by atoms with Gasteiger partial charge in [-0.2, -0.15) is 0 Å². The van der Waals surface area contributed by atoms with Crippen LogP contribution in [0.25, 0.3) is 0 Å². The Morgan fingerprint density at radius 3 is 2.65 bits per heavy atom. The van der Waals surface area contributed by atoms with Crippen molar-refractivity contribution in [1.82, 2.24) is 5.32 Å². The molecule has 4 nitrogen and oxygen atoms in total. The summed E-state index contributed by atoms with van der Waals surface area (Å²) >= 11 is 0. The standard InChI is InChI=1S/C13H19NO3/c1-9(10-6-5-7-11(15)8-10)14-13(2,3)12(16)17-4/h5-9,14-15H,1-4H3. The molecule has 0 radical (unpaired) electrons. The average molecular weight is 237 g/mol. The van der Waals surface area contributed by atoms with E-state index < -0.39 is 5.54 Å². The number of benzene rings is 1. The van der Waals surface area contributed by atoms with Gasteiger partial charge in [0.15, 0.2) is 0 Å². The van der Waals surface area contributed by atoms with E-state index in [-0.39, 0.29) is 17.8 Å². The van der Waals surface area contributed by atoms with E-state index in [4.69, 9.17) is 4.74 Å². The van der Waals surface area contributed by atoms with Gasteiger partial charge >= 0.3 is 5.97 Å². The summed E-state index contributed by atoms with van der Waals surface area (Å²) in [6, 6.07) is 6.89. The molecule has 1 aromatic rings. The molecule has 0 amide bonds. The number of methoxy groups -OCH3 is 1. The second kappa shape index (κ2) is 5.19. The SMILES string of the molecule is COC(=O)C(C)(C)NC(C)c1cccc(O)c1. The van der Waals surface area contributed by atoms with E-state index in [0.29, 0.717) is 0 Å². The highest BCUT2D eigenvalue weighted by atomic mass is 16.5. The van der Waals surface area contributed by atoms with Crippen LogP contribution in [0.3, 0.4) is 0 Å². The van der Waals surface area contributed by atoms with Crippen molar-refractivity contribution in [3.8, 4) is 5.75 Å². The summed E-state index contributed by atoms with van der Waals surface area (Å²) in [5.74, 6) is -0.100. The molecule has 2 N–H and O–H groups in total. The largest absolute Gasteiger partial charge is 0.508 e. The first-order valence-corrected chi connectivity index (χ1v) is 5.52. The van der Waals surface area contributed by atoms with E-state index in [1.54, 1.807) is 32.0 Å². The number of hydrogen-bond donors (Lipinski definition) is 2. The smallest absolute Gasteiger partial charge is 0.325 e. The number of carbonyl (C=O) groups excluding carboxylic acids is 1. The van der Waals surface area contributed by atoms with E-state index in [0.717, 1.165) is 5.56 Å². The second-order valence-corrected chi connectivity index (χ2v) is 4.58. The number of ether oxygens (including phenoxy) is 1. The van der Waals surface area contributed by atoms with Gasteiger partial charge in [-0.05, 0) is 38.5 Å². The van der Waals surface area contributed by atoms with E-state index >= 15 is 0 Å². The van der Waals surface area contributed by atoms with Crippen molar-refractivity contribution in [3.05, 3.63) is 29.8 Å². The minimum Gasteiger partial charge on any atom is -0.508 e. The Labute approximate surface area is 102 Å². The third kappa shape index (κ3) is 3.46. The quantitative estimate of drug-likeness (QED) is 0.786. The number of nitrogens with one attached hydrogen (secondary N) is 1. The van der Waals surface area contributed by atoms with Gasteiger partial charge in [-0.15, -0.1) is 0 Å². The fraction of sp³-hybridized carbons (Fsp3) is 0.462. The first-order chi connectivity index (χ1) is 7.86. The van der Waals surface area contributed by atoms with Crippen molar-refractivity contribution in [3.63, 3.8) is 0 Å². The van der Waals surface area contributed by atoms with Crippen LogP contribution in [0.4, 0.5) is 0 Å². The van der Waals surface area contributed by atoms with Crippen LogP contribution in [-0.2, 0) is 9.53 Å². The minimum absolute atomic E-state index is 0.0591. The van der Waals surface area contributed by atoms with Gasteiger partial charge in [-0.25, -0.2) is 0 Å². The van der Waals surface area contributed by atoms with Crippen molar-refractivity contribution in [2.75, 3.05) is 7.11 Å². The Morgan fingerprint density at radius 1 is 1.47 bits per heavy atom. The molecule has 0 aliphatic carbocycles. The first kappa shape index (κ1) is 13.5. The lowest BCUT2D eigenvalue weighted by atomic mass is 10.0. The number of phenolic OH excluding ortho intramolecular Hbond substituents is 1. The maximum absolute atomic E-state index is 11.5. The predicted molar refractivity (Wildman–Crippen MR) is 65.8 cm³/mol. The molecule has 94 valence electrons. The zero-order valence-electron chi connectivity index (χ0n) is 10.7. The van der Waals surface area contributed by atoms with Crippen LogP contribution in [0.5, 0.6) is 5.75 Å². The molecule has 0 heterocycles. The van der Waals surface area contributed by atoms with Crippen LogP contribution in [0.2, 0.25) is 0 Å². The van der Waals surface area contributed by atoms with E-state index in [9.17, 15) is 9.90 Å². The highest BCUT2D eigenvalue weighted by molar-refractivity contribution is 5.79. The number of hydrogen-bond acceptors (Lipinski definition) is 4. The van der Waals surface area contributed by atoms with Crippen molar-refractivity contribution in [1.29, 1.82) is 0 Å². The number of phenols is 1. The maximum atomic E-state index is 11.5. The number of carbonyl (C=O) groups is 1. The normalized spacial score (nSPS) is 13.2. The van der Waals surface area contributed by atoms with Crippen LogP contribution < -0.4 is 5.32 Å². The molecule has 0 saturated heterocycles. The maximum Gasteiger partial charge on any atom is 0.325 e. The van der Waals surface area contributed by atoms with Gasteiger partial charge in [0.05, 0.1) is 7.11 Å². The Bertz CT molecular complexity index is 401. The molecule has 1 atom stereocenters. The van der Waals surface area contributed by atoms with Gasteiger partial charge in [0, 0.05) is 6.04 Å². The molecule has 1 aromatic carbocycles. The minimum atomic E-state index is -0.764. The summed E-state index contributed by atoms with van der Waals surface area (Å²) < 4.78 is 4.72. The molecule has 0 saturated carbocycles. The molecule has 1 unspecified atom stereocenters. The van der Waals surface area contributed by atoms with E-state index in [2.05, 4.69) is 5.32 Å². The van der Waals surface area contributed by atoms with Crippen LogP contribution in [0, 0.1) is 0 Å². The molecule has 4 heteroatoms. The molecule has 1 rings (SSSR count). The molecule has 17 heavy (non-hydrogen) atoms. The van der Waals surface area contributed by atoms with Crippen molar-refractivity contribution in [2.45, 2.75) is 32.4 Å². The van der Waals surface area contributed by atoms with Gasteiger partial charge in [0.2, 0.25) is 0 Å². The van der Waals surface area contributed by atoms with Gasteiger partial charge < -0.3 is 9.84 Å². The average Bonchev–Trinajstić information content (AvgIpc) is 2.27. The summed E-state index contributed by atoms with van der Waals surface area (Å²) in [5, 5.41) is 12.6. The zero-order chi connectivity index (χ0) is 13.1. The summed E-state index contributed by atoms with van der Waals surface area (Å²) in [7, 11) is 1.37. The molecule has 0 aromatic heterocycles. The Morgan fingerprint density at radius 2 is 2.12 bits per heavy atom. The lowest BCUT2D eigenvalue weighted by Crippen LogP contribution is -2.48. The second-order valence-electron chi connectivity index (χ2n) is 4.58. The molecule has 0 aliphatic heterocycles. The molecule has 0 fully saturated rings. The van der Waals surface area contributed by atoms with Crippen LogP contribution in [0.15, 0.2) is 24.3 Å². The lowest BCUT2D eigenvalue weighted by molar-refractivity contribution is -0.147. The first-order valence-electron chi connectivity index (χ1n) is 5.52. The third-order valence-corrected chi connectivity index (χ3v) is 2.64. The third-order valence-electron chi connectivity index (χ3n) is 2.64. The summed E-state index contributed by atoms with van der Waals surface area (Å²) in [6.07, 6.45) is 0. The molecular weight excluding hydrogens is 218 g/mol. The monoisotopic (exact) mass is 237 g/mol. The van der Waals surface area contributed by atoms with Crippen molar-refractivity contribution in [2.24, 2.45) is 0 Å². The van der Waals surface area contributed by atoms with Crippen LogP contribution in [-0.4, -0.2) is 23.7 Å². The molecule has 0 spiro atoms. The highest BCUT2D eigenvalue weighted by Crippen LogP contribution is 2.20. The fourth-order valence-corrected chi connectivity index (χ4v) is 1.73. The van der Waals surface area contributed by atoms with Gasteiger partial charge in [-0.3, -0.25) is 10.1 Å². The van der Waals surface area contributed by atoms with Crippen LogP contribution in [0.1, 0.15) is 32.4 Å². The summed E-state index contributed by atoms with van der Waals surface area (Å²) in [6.45, 7) is 5.45. The van der Waals surface area contributed by atoms with Crippen LogP contribution >= 0.6 is 0 Å². The predicted octanol–water partition coefficient (Wildman–Crippen LogP) is 1.99. The number of aromatic hydroxyl groups is 1. The molecule has 0 bridgehead atoms.